The topological polar surface area (TPSA) is 32.3 Å². The van der Waals surface area contributed by atoms with E-state index in [4.69, 9.17) is 0 Å². The summed E-state index contributed by atoms with van der Waals surface area (Å²) in [6, 6.07) is 0.0864. The molecule has 0 aromatic carbocycles. The number of likely N-dealkylation sites (N-methyl/N-ethyl adjacent to an activating group) is 1. The average molecular weight is 264 g/mol. The number of nitrogens with zero attached hydrogens (tertiary/aromatic N) is 1. The number of carbonyl (C=O) groups is 1. The highest BCUT2D eigenvalue weighted by Crippen LogP contribution is 2.45. The van der Waals surface area contributed by atoms with Gasteiger partial charge in [0.15, 0.2) is 0 Å². The van der Waals surface area contributed by atoms with Crippen molar-refractivity contribution in [2.75, 3.05) is 20.1 Å². The van der Waals surface area contributed by atoms with Gasteiger partial charge in [-0.1, -0.05) is 25.7 Å². The first kappa shape index (κ1) is 13.4. The second kappa shape index (κ2) is 5.82. The Morgan fingerprint density at radius 3 is 2.53 bits per heavy atom. The Bertz CT molecular complexity index is 323. The molecule has 2 aliphatic carbocycles. The van der Waals surface area contributed by atoms with E-state index in [-0.39, 0.29) is 6.04 Å². The predicted octanol–water partition coefficient (Wildman–Crippen LogP) is 2.41. The van der Waals surface area contributed by atoms with Crippen LogP contribution >= 0.6 is 0 Å². The van der Waals surface area contributed by atoms with Crippen molar-refractivity contribution in [1.29, 1.82) is 0 Å². The highest BCUT2D eigenvalue weighted by Gasteiger charge is 2.45. The Morgan fingerprint density at radius 1 is 1.11 bits per heavy atom. The standard InChI is InChI=1S/C16H28N2O/c1-17-15-9-13-8-14(13)11-18(16(15)19)10-12-6-4-2-3-5-7-12/h12-15,17H,2-11H2,1H3. The molecule has 1 amide bonds. The third-order valence-corrected chi connectivity index (χ3v) is 5.47. The van der Waals surface area contributed by atoms with Gasteiger partial charge in [0, 0.05) is 13.1 Å². The minimum atomic E-state index is 0.0864. The van der Waals surface area contributed by atoms with E-state index in [2.05, 4.69) is 10.2 Å². The molecule has 0 spiro atoms. The molecule has 1 saturated heterocycles. The first-order valence-electron chi connectivity index (χ1n) is 8.24. The van der Waals surface area contributed by atoms with Crippen LogP contribution in [0.2, 0.25) is 0 Å². The Kier molecular flexibility index (Phi) is 4.11. The fourth-order valence-corrected chi connectivity index (χ4v) is 4.08. The lowest BCUT2D eigenvalue weighted by molar-refractivity contribution is -0.133. The Labute approximate surface area is 117 Å². The fraction of sp³-hybridized carbons (Fsp3) is 0.938. The van der Waals surface area contributed by atoms with Gasteiger partial charge in [0.1, 0.15) is 0 Å². The minimum Gasteiger partial charge on any atom is -0.341 e. The summed E-state index contributed by atoms with van der Waals surface area (Å²) in [5.41, 5.74) is 0. The summed E-state index contributed by atoms with van der Waals surface area (Å²) < 4.78 is 0. The summed E-state index contributed by atoms with van der Waals surface area (Å²) in [7, 11) is 1.94. The maximum atomic E-state index is 12.6. The van der Waals surface area contributed by atoms with Crippen LogP contribution in [0.4, 0.5) is 0 Å². The third kappa shape index (κ3) is 3.13. The molecule has 1 aliphatic heterocycles. The van der Waals surface area contributed by atoms with Gasteiger partial charge in [0.2, 0.25) is 5.91 Å². The van der Waals surface area contributed by atoms with E-state index in [9.17, 15) is 4.79 Å². The van der Waals surface area contributed by atoms with Crippen molar-refractivity contribution in [3.8, 4) is 0 Å². The Hall–Kier alpha value is -0.570. The van der Waals surface area contributed by atoms with E-state index in [0.717, 1.165) is 37.3 Å². The molecule has 3 unspecified atom stereocenters. The number of amides is 1. The average Bonchev–Trinajstić information content (AvgIpc) is 3.18. The second-order valence-corrected chi connectivity index (χ2v) is 6.93. The molecule has 1 N–H and O–H groups in total. The Balaban J connectivity index is 1.62. The summed E-state index contributed by atoms with van der Waals surface area (Å²) in [6.07, 6.45) is 10.6. The molecule has 0 radical (unpaired) electrons. The van der Waals surface area contributed by atoms with Crippen LogP contribution in [0.25, 0.3) is 0 Å². The SMILES string of the molecule is CNC1CC2CC2CN(CC2CCCCCC2)C1=O. The van der Waals surface area contributed by atoms with Crippen molar-refractivity contribution in [3.63, 3.8) is 0 Å². The van der Waals surface area contributed by atoms with Gasteiger partial charge >= 0.3 is 0 Å². The number of hydrogen-bond donors (Lipinski definition) is 1. The Morgan fingerprint density at radius 2 is 1.84 bits per heavy atom. The zero-order valence-electron chi connectivity index (χ0n) is 12.2. The minimum absolute atomic E-state index is 0.0864. The highest BCUT2D eigenvalue weighted by atomic mass is 16.2. The van der Waals surface area contributed by atoms with Gasteiger partial charge in [-0.2, -0.15) is 0 Å². The first-order chi connectivity index (χ1) is 9.28. The van der Waals surface area contributed by atoms with Crippen molar-refractivity contribution in [2.24, 2.45) is 17.8 Å². The van der Waals surface area contributed by atoms with Gasteiger partial charge < -0.3 is 10.2 Å². The zero-order chi connectivity index (χ0) is 13.2. The summed E-state index contributed by atoms with van der Waals surface area (Å²) in [5, 5.41) is 3.24. The monoisotopic (exact) mass is 264 g/mol. The number of likely N-dealkylation sites (tertiary alicyclic amines) is 1. The molecular formula is C16H28N2O. The third-order valence-electron chi connectivity index (χ3n) is 5.47. The highest BCUT2D eigenvalue weighted by molar-refractivity contribution is 5.82. The van der Waals surface area contributed by atoms with Crippen LogP contribution in [-0.2, 0) is 4.79 Å². The molecule has 19 heavy (non-hydrogen) atoms. The number of hydrogen-bond acceptors (Lipinski definition) is 2. The smallest absolute Gasteiger partial charge is 0.239 e. The lowest BCUT2D eigenvalue weighted by Gasteiger charge is -2.29. The number of carbonyl (C=O) groups excluding carboxylic acids is 1. The summed E-state index contributed by atoms with van der Waals surface area (Å²) in [5.74, 6) is 2.77. The zero-order valence-corrected chi connectivity index (χ0v) is 12.2. The number of rotatable bonds is 3. The summed E-state index contributed by atoms with van der Waals surface area (Å²) in [4.78, 5) is 14.8. The number of fused-ring (bicyclic) bond motifs is 1. The van der Waals surface area contributed by atoms with E-state index in [0.29, 0.717) is 5.91 Å². The molecule has 2 saturated carbocycles. The van der Waals surface area contributed by atoms with Gasteiger partial charge in [-0.05, 0) is 50.5 Å². The molecule has 3 nitrogen and oxygen atoms in total. The molecule has 0 aromatic heterocycles. The quantitative estimate of drug-likeness (QED) is 0.794. The molecule has 0 aromatic rings. The molecule has 1 heterocycles. The molecule has 108 valence electrons. The van der Waals surface area contributed by atoms with Crippen LogP contribution < -0.4 is 5.32 Å². The van der Waals surface area contributed by atoms with Crippen LogP contribution in [0.5, 0.6) is 0 Å². The lowest BCUT2D eigenvalue weighted by atomic mass is 9.99. The molecule has 3 fully saturated rings. The molecular weight excluding hydrogens is 236 g/mol. The van der Waals surface area contributed by atoms with Crippen LogP contribution in [0.3, 0.4) is 0 Å². The van der Waals surface area contributed by atoms with Crippen LogP contribution in [-0.4, -0.2) is 37.0 Å². The van der Waals surface area contributed by atoms with Crippen molar-refractivity contribution in [3.05, 3.63) is 0 Å². The summed E-state index contributed by atoms with van der Waals surface area (Å²) >= 11 is 0. The van der Waals surface area contributed by atoms with E-state index < -0.39 is 0 Å². The van der Waals surface area contributed by atoms with Gasteiger partial charge in [-0.15, -0.1) is 0 Å². The van der Waals surface area contributed by atoms with Crippen LogP contribution in [0.1, 0.15) is 51.4 Å². The van der Waals surface area contributed by atoms with Crippen molar-refractivity contribution in [2.45, 2.75) is 57.4 Å². The largest absolute Gasteiger partial charge is 0.341 e. The molecule has 3 rings (SSSR count). The maximum absolute atomic E-state index is 12.6. The van der Waals surface area contributed by atoms with Gasteiger partial charge in [0.25, 0.3) is 0 Å². The van der Waals surface area contributed by atoms with Crippen LogP contribution in [0, 0.1) is 17.8 Å². The molecule has 3 aliphatic rings. The normalized spacial score (nSPS) is 36.6. The molecule has 3 atom stereocenters. The van der Waals surface area contributed by atoms with E-state index in [1.165, 1.54) is 44.9 Å². The number of nitrogens with one attached hydrogen (secondary N) is 1. The predicted molar refractivity (Wildman–Crippen MR) is 76.8 cm³/mol. The lowest BCUT2D eigenvalue weighted by Crippen LogP contribution is -2.46. The maximum Gasteiger partial charge on any atom is 0.239 e. The van der Waals surface area contributed by atoms with Gasteiger partial charge in [0.05, 0.1) is 6.04 Å². The van der Waals surface area contributed by atoms with Crippen LogP contribution in [0.15, 0.2) is 0 Å². The summed E-state index contributed by atoms with van der Waals surface area (Å²) in [6.45, 7) is 2.07. The van der Waals surface area contributed by atoms with Gasteiger partial charge in [-0.25, -0.2) is 0 Å². The van der Waals surface area contributed by atoms with E-state index >= 15 is 0 Å². The van der Waals surface area contributed by atoms with Gasteiger partial charge in [-0.3, -0.25) is 4.79 Å². The van der Waals surface area contributed by atoms with Crippen molar-refractivity contribution < 1.29 is 4.79 Å². The molecule has 0 bridgehead atoms. The van der Waals surface area contributed by atoms with Crippen molar-refractivity contribution >= 4 is 5.91 Å². The molecule has 3 heteroatoms. The fourth-order valence-electron chi connectivity index (χ4n) is 4.08. The van der Waals surface area contributed by atoms with E-state index in [1.54, 1.807) is 0 Å². The van der Waals surface area contributed by atoms with Crippen molar-refractivity contribution in [1.82, 2.24) is 10.2 Å². The first-order valence-corrected chi connectivity index (χ1v) is 8.24. The van der Waals surface area contributed by atoms with E-state index in [1.807, 2.05) is 7.05 Å². The second-order valence-electron chi connectivity index (χ2n) is 6.93.